The van der Waals surface area contributed by atoms with Gasteiger partial charge in [-0.25, -0.2) is 9.97 Å². The number of piperazine rings is 1. The van der Waals surface area contributed by atoms with Crippen molar-refractivity contribution in [2.45, 2.75) is 0 Å². The van der Waals surface area contributed by atoms with Gasteiger partial charge >= 0.3 is 0 Å². The fourth-order valence-electron chi connectivity index (χ4n) is 2.79. The number of likely N-dealkylation sites (N-methyl/N-ethyl adjacent to an activating group) is 1. The Morgan fingerprint density at radius 1 is 1.24 bits per heavy atom. The highest BCUT2D eigenvalue weighted by Crippen LogP contribution is 2.39. The first-order valence-corrected chi connectivity index (χ1v) is 7.74. The van der Waals surface area contributed by atoms with Crippen molar-refractivity contribution in [2.75, 3.05) is 51.0 Å². The molecule has 0 spiro atoms. The van der Waals surface area contributed by atoms with E-state index in [2.05, 4.69) is 19.9 Å². The summed E-state index contributed by atoms with van der Waals surface area (Å²) in [6.07, 6.45) is 1.26. The monoisotopic (exact) mass is 345 g/mol. The lowest BCUT2D eigenvalue weighted by Crippen LogP contribution is -2.44. The Labute approximate surface area is 144 Å². The van der Waals surface area contributed by atoms with Gasteiger partial charge in [-0.2, -0.15) is 4.98 Å². The Morgan fingerprint density at radius 2 is 1.96 bits per heavy atom. The molecule has 132 valence electrons. The van der Waals surface area contributed by atoms with Gasteiger partial charge in [-0.05, 0) is 7.05 Å². The predicted octanol–water partition coefficient (Wildman–Crippen LogP) is 0.789. The topological polar surface area (TPSA) is 124 Å². The van der Waals surface area contributed by atoms with Crippen LogP contribution in [0, 0.1) is 10.1 Å². The SMILES string of the molecule is COc1cc(N2CCN(C)CC2)c([N+](=O)[O-])cc1-c1ncnc(N)n1. The molecular weight excluding hydrogens is 326 g/mol. The van der Waals surface area contributed by atoms with E-state index in [-0.39, 0.29) is 17.5 Å². The van der Waals surface area contributed by atoms with E-state index in [1.165, 1.54) is 19.5 Å². The molecule has 0 radical (unpaired) electrons. The zero-order valence-electron chi connectivity index (χ0n) is 14.0. The van der Waals surface area contributed by atoms with E-state index in [0.717, 1.165) is 13.1 Å². The largest absolute Gasteiger partial charge is 0.496 e. The third-order valence-electron chi connectivity index (χ3n) is 4.17. The van der Waals surface area contributed by atoms with Crippen molar-refractivity contribution in [3.8, 4) is 17.1 Å². The van der Waals surface area contributed by atoms with Gasteiger partial charge in [0.2, 0.25) is 5.95 Å². The number of hydrogen-bond donors (Lipinski definition) is 1. The van der Waals surface area contributed by atoms with Crippen molar-refractivity contribution in [1.29, 1.82) is 0 Å². The maximum Gasteiger partial charge on any atom is 0.293 e. The smallest absolute Gasteiger partial charge is 0.293 e. The number of nitrogens with two attached hydrogens (primary N) is 1. The zero-order chi connectivity index (χ0) is 18.0. The first-order chi connectivity index (χ1) is 12.0. The number of hydrogen-bond acceptors (Lipinski definition) is 9. The lowest BCUT2D eigenvalue weighted by Gasteiger charge is -2.33. The fraction of sp³-hybridized carbons (Fsp3) is 0.400. The lowest BCUT2D eigenvalue weighted by molar-refractivity contribution is -0.384. The summed E-state index contributed by atoms with van der Waals surface area (Å²) in [6, 6.07) is 3.10. The number of aromatic nitrogens is 3. The number of anilines is 2. The van der Waals surface area contributed by atoms with Gasteiger partial charge in [0.25, 0.3) is 5.69 Å². The molecule has 3 rings (SSSR count). The molecule has 1 aliphatic rings. The molecule has 1 saturated heterocycles. The van der Waals surface area contributed by atoms with E-state index in [0.29, 0.717) is 30.1 Å². The average Bonchev–Trinajstić information content (AvgIpc) is 2.61. The van der Waals surface area contributed by atoms with Gasteiger partial charge in [-0.1, -0.05) is 0 Å². The second-order valence-electron chi connectivity index (χ2n) is 5.76. The van der Waals surface area contributed by atoms with Crippen LogP contribution < -0.4 is 15.4 Å². The van der Waals surface area contributed by atoms with Crippen molar-refractivity contribution in [3.63, 3.8) is 0 Å². The molecule has 1 aromatic carbocycles. The van der Waals surface area contributed by atoms with Crippen LogP contribution in [0.1, 0.15) is 0 Å². The molecule has 0 bridgehead atoms. The highest BCUT2D eigenvalue weighted by molar-refractivity contribution is 5.77. The van der Waals surface area contributed by atoms with Gasteiger partial charge in [-0.15, -0.1) is 0 Å². The first-order valence-electron chi connectivity index (χ1n) is 7.74. The molecular formula is C15H19N7O3. The maximum atomic E-state index is 11.6. The normalized spacial score (nSPS) is 15.2. The molecule has 1 aliphatic heterocycles. The van der Waals surface area contributed by atoms with Crippen LogP contribution in [0.25, 0.3) is 11.4 Å². The van der Waals surface area contributed by atoms with Gasteiger partial charge in [-0.3, -0.25) is 10.1 Å². The van der Waals surface area contributed by atoms with Crippen molar-refractivity contribution in [1.82, 2.24) is 19.9 Å². The highest BCUT2D eigenvalue weighted by Gasteiger charge is 2.26. The molecule has 10 heteroatoms. The minimum atomic E-state index is -0.402. The molecule has 1 fully saturated rings. The van der Waals surface area contributed by atoms with Crippen molar-refractivity contribution < 1.29 is 9.66 Å². The molecule has 0 amide bonds. The van der Waals surface area contributed by atoms with Gasteiger partial charge in [0, 0.05) is 38.3 Å². The number of methoxy groups -OCH3 is 1. The number of nitrogen functional groups attached to an aromatic ring is 1. The molecule has 0 saturated carbocycles. The first kappa shape index (κ1) is 16.8. The van der Waals surface area contributed by atoms with Gasteiger partial charge in [0.1, 0.15) is 17.8 Å². The highest BCUT2D eigenvalue weighted by atomic mass is 16.6. The van der Waals surface area contributed by atoms with Crippen molar-refractivity contribution in [2.24, 2.45) is 0 Å². The summed E-state index contributed by atoms with van der Waals surface area (Å²) in [5.41, 5.74) is 6.51. The van der Waals surface area contributed by atoms with Gasteiger partial charge in [0.15, 0.2) is 5.82 Å². The number of rotatable bonds is 4. The summed E-state index contributed by atoms with van der Waals surface area (Å²) in [5.74, 6) is 0.723. The van der Waals surface area contributed by atoms with E-state index in [1.54, 1.807) is 6.07 Å². The molecule has 0 atom stereocenters. The number of nitro groups is 1. The fourth-order valence-corrected chi connectivity index (χ4v) is 2.79. The second kappa shape index (κ2) is 6.85. The molecule has 2 aromatic rings. The Hall–Kier alpha value is -3.01. The van der Waals surface area contributed by atoms with Gasteiger partial charge in [0.05, 0.1) is 17.6 Å². The van der Waals surface area contributed by atoms with Crippen LogP contribution in [0.2, 0.25) is 0 Å². The van der Waals surface area contributed by atoms with Crippen LogP contribution >= 0.6 is 0 Å². The van der Waals surface area contributed by atoms with E-state index in [1.807, 2.05) is 11.9 Å². The van der Waals surface area contributed by atoms with Crippen molar-refractivity contribution in [3.05, 3.63) is 28.6 Å². The van der Waals surface area contributed by atoms with Gasteiger partial charge < -0.3 is 20.3 Å². The molecule has 0 unspecified atom stereocenters. The molecule has 10 nitrogen and oxygen atoms in total. The Balaban J connectivity index is 2.10. The molecule has 0 aliphatic carbocycles. The van der Waals surface area contributed by atoms with Crippen LogP contribution in [0.5, 0.6) is 5.75 Å². The Morgan fingerprint density at radius 3 is 2.56 bits per heavy atom. The summed E-state index contributed by atoms with van der Waals surface area (Å²) in [6.45, 7) is 3.09. The summed E-state index contributed by atoms with van der Waals surface area (Å²) < 4.78 is 5.43. The van der Waals surface area contributed by atoms with E-state index >= 15 is 0 Å². The minimum absolute atomic E-state index is 0.0145. The Bertz CT molecular complexity index is 791. The molecule has 25 heavy (non-hydrogen) atoms. The predicted molar refractivity (Wildman–Crippen MR) is 92.6 cm³/mol. The van der Waals surface area contributed by atoms with Crippen LogP contribution in [-0.2, 0) is 0 Å². The van der Waals surface area contributed by atoms with E-state index < -0.39 is 4.92 Å². The zero-order valence-corrected chi connectivity index (χ0v) is 14.0. The number of benzene rings is 1. The van der Waals surface area contributed by atoms with Crippen molar-refractivity contribution >= 4 is 17.3 Å². The number of nitrogens with zero attached hydrogens (tertiary/aromatic N) is 6. The lowest BCUT2D eigenvalue weighted by atomic mass is 10.1. The van der Waals surface area contributed by atoms with E-state index in [4.69, 9.17) is 10.5 Å². The molecule has 2 N–H and O–H groups in total. The van der Waals surface area contributed by atoms with E-state index in [9.17, 15) is 10.1 Å². The number of ether oxygens (including phenoxy) is 1. The second-order valence-corrected chi connectivity index (χ2v) is 5.76. The third kappa shape index (κ3) is 3.43. The molecule has 2 heterocycles. The summed E-state index contributed by atoms with van der Waals surface area (Å²) in [5, 5.41) is 11.6. The average molecular weight is 345 g/mol. The molecule has 1 aromatic heterocycles. The minimum Gasteiger partial charge on any atom is -0.496 e. The quantitative estimate of drug-likeness (QED) is 0.632. The summed E-state index contributed by atoms with van der Waals surface area (Å²) >= 11 is 0. The standard InChI is InChI=1S/C15H19N7O3/c1-20-3-5-21(6-4-20)11-8-13(25-2)10(7-12(11)22(23)24)14-17-9-18-15(16)19-14/h7-9H,3-6H2,1-2H3,(H2,16,17,18,19). The summed E-state index contributed by atoms with van der Waals surface area (Å²) in [4.78, 5) is 27.2. The summed E-state index contributed by atoms with van der Waals surface area (Å²) in [7, 11) is 3.53. The number of nitro benzene ring substituents is 1. The van der Waals surface area contributed by atoms with Crippen LogP contribution in [0.15, 0.2) is 18.5 Å². The Kier molecular flexibility index (Phi) is 4.61. The third-order valence-corrected chi connectivity index (χ3v) is 4.17. The van der Waals surface area contributed by atoms with Crippen LogP contribution in [0.4, 0.5) is 17.3 Å². The van der Waals surface area contributed by atoms with Crippen LogP contribution in [-0.4, -0.2) is 65.1 Å². The maximum absolute atomic E-state index is 11.6. The van der Waals surface area contributed by atoms with Crippen LogP contribution in [0.3, 0.4) is 0 Å².